The van der Waals surface area contributed by atoms with E-state index in [1.807, 2.05) is 11.3 Å². The molecule has 0 unspecified atom stereocenters. The minimum atomic E-state index is 1.09. The van der Waals surface area contributed by atoms with Crippen molar-refractivity contribution in [2.24, 2.45) is 0 Å². The highest BCUT2D eigenvalue weighted by atomic mass is 32.1. The lowest BCUT2D eigenvalue weighted by Crippen LogP contribution is -2.13. The number of rotatable bonds is 8. The molecule has 4 heteroatoms. The van der Waals surface area contributed by atoms with Gasteiger partial charge in [0.2, 0.25) is 0 Å². The normalized spacial score (nSPS) is 11.4. The first-order valence-corrected chi connectivity index (χ1v) is 20.5. The Labute approximate surface area is 341 Å². The van der Waals surface area contributed by atoms with Gasteiger partial charge in [-0.15, -0.1) is 11.3 Å². The van der Waals surface area contributed by atoms with E-state index < -0.39 is 0 Å². The molecule has 0 bridgehead atoms. The minimum Gasteiger partial charge on any atom is -0.310 e. The van der Waals surface area contributed by atoms with Crippen molar-refractivity contribution < 1.29 is 0 Å². The smallest absolute Gasteiger partial charge is 0.0541 e. The van der Waals surface area contributed by atoms with Gasteiger partial charge in [-0.3, -0.25) is 0 Å². The summed E-state index contributed by atoms with van der Waals surface area (Å²) in [5, 5.41) is 5.05. The van der Waals surface area contributed by atoms with E-state index in [1.54, 1.807) is 0 Å². The average Bonchev–Trinajstić information content (AvgIpc) is 3.83. The fraction of sp³-hybridized carbons (Fsp3) is 0. The van der Waals surface area contributed by atoms with E-state index in [9.17, 15) is 0 Å². The SMILES string of the molecule is c1ccc(N(c2ccccc2)c2cccc(N(c3ccccc3)c3ccc4sc5ccc(-c6ccc7c(c6)c6ccccc6n7-c6ccccc6)cc5c4c3)c2)cc1. The fourth-order valence-corrected chi connectivity index (χ4v) is 9.56. The van der Waals surface area contributed by atoms with Crippen LogP contribution in [0.5, 0.6) is 0 Å². The molecule has 274 valence electrons. The summed E-state index contributed by atoms with van der Waals surface area (Å²) in [5.41, 5.74) is 12.6. The Morgan fingerprint density at radius 2 is 0.741 bits per heavy atom. The summed E-state index contributed by atoms with van der Waals surface area (Å²) >= 11 is 1.86. The molecule has 0 aliphatic carbocycles. The Balaban J connectivity index is 1.03. The van der Waals surface area contributed by atoms with Crippen molar-refractivity contribution in [3.8, 4) is 16.8 Å². The van der Waals surface area contributed by atoms with Crippen molar-refractivity contribution in [3.05, 3.63) is 224 Å². The topological polar surface area (TPSA) is 11.4 Å². The molecule has 0 saturated heterocycles. The number of para-hydroxylation sites is 5. The number of hydrogen-bond donors (Lipinski definition) is 0. The van der Waals surface area contributed by atoms with E-state index >= 15 is 0 Å². The highest BCUT2D eigenvalue weighted by Gasteiger charge is 2.19. The van der Waals surface area contributed by atoms with Crippen LogP contribution >= 0.6 is 11.3 Å². The zero-order chi connectivity index (χ0) is 38.4. The maximum absolute atomic E-state index is 2.39. The van der Waals surface area contributed by atoms with E-state index in [-0.39, 0.29) is 0 Å². The molecule has 0 fully saturated rings. The van der Waals surface area contributed by atoms with Crippen LogP contribution in [0.15, 0.2) is 224 Å². The van der Waals surface area contributed by atoms with Gasteiger partial charge in [-0.25, -0.2) is 0 Å². The average molecular weight is 760 g/mol. The second-order valence-corrected chi connectivity index (χ2v) is 15.7. The van der Waals surface area contributed by atoms with Gasteiger partial charge in [0.05, 0.1) is 11.0 Å². The molecule has 0 atom stereocenters. The number of hydrogen-bond acceptors (Lipinski definition) is 3. The molecule has 9 aromatic carbocycles. The quantitative estimate of drug-likeness (QED) is 0.153. The molecule has 0 N–H and O–H groups in total. The van der Waals surface area contributed by atoms with Crippen molar-refractivity contribution in [2.45, 2.75) is 0 Å². The summed E-state index contributed by atoms with van der Waals surface area (Å²) in [6, 6.07) is 81.0. The third-order valence-electron chi connectivity index (χ3n) is 11.1. The predicted octanol–water partition coefficient (Wildman–Crippen LogP) is 15.8. The zero-order valence-corrected chi connectivity index (χ0v) is 32.4. The molecule has 0 aliphatic heterocycles. The van der Waals surface area contributed by atoms with Gasteiger partial charge in [-0.1, -0.05) is 109 Å². The highest BCUT2D eigenvalue weighted by Crippen LogP contribution is 2.44. The number of thiophene rings is 1. The van der Waals surface area contributed by atoms with Crippen LogP contribution in [0.4, 0.5) is 34.1 Å². The van der Waals surface area contributed by atoms with E-state index in [4.69, 9.17) is 0 Å². The van der Waals surface area contributed by atoms with Crippen LogP contribution in [0, 0.1) is 0 Å². The Morgan fingerprint density at radius 3 is 1.38 bits per heavy atom. The first kappa shape index (κ1) is 33.9. The lowest BCUT2D eigenvalue weighted by Gasteiger charge is -2.29. The van der Waals surface area contributed by atoms with Crippen LogP contribution < -0.4 is 9.80 Å². The molecular formula is C54H37N3S. The van der Waals surface area contributed by atoms with Gasteiger partial charge >= 0.3 is 0 Å². The van der Waals surface area contributed by atoms with Crippen LogP contribution in [0.25, 0.3) is 58.8 Å². The summed E-state index contributed by atoms with van der Waals surface area (Å²) in [6.07, 6.45) is 0. The number of anilines is 6. The van der Waals surface area contributed by atoms with Crippen molar-refractivity contribution in [1.82, 2.24) is 4.57 Å². The number of aromatic nitrogens is 1. The predicted molar refractivity (Wildman–Crippen MR) is 248 cm³/mol. The van der Waals surface area contributed by atoms with Gasteiger partial charge in [-0.2, -0.15) is 0 Å². The molecule has 11 rings (SSSR count). The van der Waals surface area contributed by atoms with Crippen LogP contribution in [0.1, 0.15) is 0 Å². The number of nitrogens with zero attached hydrogens (tertiary/aromatic N) is 3. The van der Waals surface area contributed by atoms with Crippen molar-refractivity contribution in [3.63, 3.8) is 0 Å². The number of fused-ring (bicyclic) bond motifs is 6. The Bertz CT molecular complexity index is 3190. The van der Waals surface area contributed by atoms with Gasteiger partial charge in [-0.05, 0) is 126 Å². The lowest BCUT2D eigenvalue weighted by atomic mass is 10.0. The van der Waals surface area contributed by atoms with E-state index in [1.165, 1.54) is 58.8 Å². The van der Waals surface area contributed by atoms with Gasteiger partial charge in [0.15, 0.2) is 0 Å². The molecule has 0 saturated carbocycles. The molecule has 2 aromatic heterocycles. The highest BCUT2D eigenvalue weighted by molar-refractivity contribution is 7.25. The summed E-state index contributed by atoms with van der Waals surface area (Å²) < 4.78 is 4.94. The summed E-state index contributed by atoms with van der Waals surface area (Å²) in [6.45, 7) is 0. The van der Waals surface area contributed by atoms with Crippen LogP contribution in [-0.4, -0.2) is 4.57 Å². The van der Waals surface area contributed by atoms with E-state index in [2.05, 4.69) is 239 Å². The molecule has 0 aliphatic rings. The molecule has 0 radical (unpaired) electrons. The van der Waals surface area contributed by atoms with Crippen LogP contribution in [0.2, 0.25) is 0 Å². The second kappa shape index (κ2) is 14.3. The molecular weight excluding hydrogens is 723 g/mol. The largest absolute Gasteiger partial charge is 0.310 e. The first-order chi connectivity index (χ1) is 28.8. The maximum atomic E-state index is 2.39. The van der Waals surface area contributed by atoms with Crippen molar-refractivity contribution in [2.75, 3.05) is 9.80 Å². The number of benzene rings is 9. The summed E-state index contributed by atoms with van der Waals surface area (Å²) in [4.78, 5) is 4.70. The third-order valence-corrected chi connectivity index (χ3v) is 12.3. The van der Waals surface area contributed by atoms with Gasteiger partial charge < -0.3 is 14.4 Å². The van der Waals surface area contributed by atoms with Crippen LogP contribution in [0.3, 0.4) is 0 Å². The van der Waals surface area contributed by atoms with E-state index in [0.717, 1.165) is 34.1 Å². The standard InChI is InChI=1S/C54H37N3S/c1-5-16-40(17-6-1)55(41-18-7-2-8-19-41)44-24-15-25-45(36-44)56(42-20-9-3-10-21-42)46-30-33-54-50(37-46)49-35-39(29-32-53(49)58-54)38-28-31-52-48(34-38)47-26-13-14-27-51(47)57(52)43-22-11-4-12-23-43/h1-37H. The molecule has 0 amide bonds. The minimum absolute atomic E-state index is 1.09. The Hall–Kier alpha value is -7.40. The Kier molecular flexibility index (Phi) is 8.34. The zero-order valence-electron chi connectivity index (χ0n) is 31.6. The van der Waals surface area contributed by atoms with E-state index in [0.29, 0.717) is 0 Å². The molecule has 2 heterocycles. The molecule has 11 aromatic rings. The van der Waals surface area contributed by atoms with Gasteiger partial charge in [0.25, 0.3) is 0 Å². The van der Waals surface area contributed by atoms with Gasteiger partial charge in [0, 0.05) is 70.8 Å². The molecule has 3 nitrogen and oxygen atoms in total. The monoisotopic (exact) mass is 759 g/mol. The second-order valence-electron chi connectivity index (χ2n) is 14.6. The van der Waals surface area contributed by atoms with Crippen molar-refractivity contribution >= 4 is 87.4 Å². The maximum Gasteiger partial charge on any atom is 0.0541 e. The third kappa shape index (κ3) is 5.90. The lowest BCUT2D eigenvalue weighted by molar-refractivity contribution is 1.18. The fourth-order valence-electron chi connectivity index (χ4n) is 8.49. The summed E-state index contributed by atoms with van der Waals surface area (Å²) in [5.74, 6) is 0. The molecule has 0 spiro atoms. The van der Waals surface area contributed by atoms with Crippen molar-refractivity contribution in [1.29, 1.82) is 0 Å². The summed E-state index contributed by atoms with van der Waals surface area (Å²) in [7, 11) is 0. The Morgan fingerprint density at radius 1 is 0.293 bits per heavy atom. The van der Waals surface area contributed by atoms with Crippen LogP contribution in [-0.2, 0) is 0 Å². The first-order valence-electron chi connectivity index (χ1n) is 19.7. The molecule has 58 heavy (non-hydrogen) atoms. The van der Waals surface area contributed by atoms with Gasteiger partial charge in [0.1, 0.15) is 0 Å².